The lowest BCUT2D eigenvalue weighted by Gasteiger charge is -2.26. The Morgan fingerprint density at radius 2 is 1.57 bits per heavy atom. The number of rotatable bonds is 2. The van der Waals surface area contributed by atoms with Gasteiger partial charge in [0.1, 0.15) is 0 Å². The minimum absolute atomic E-state index is 0.603. The average Bonchev–Trinajstić information content (AvgIpc) is 2.59. The van der Waals surface area contributed by atoms with E-state index in [1.807, 2.05) is 0 Å². The minimum atomic E-state index is 0.603. The molecule has 0 N–H and O–H groups in total. The van der Waals surface area contributed by atoms with Crippen LogP contribution < -0.4 is 0 Å². The van der Waals surface area contributed by atoms with Gasteiger partial charge in [0.2, 0.25) is 0 Å². The fraction of sp³-hybridized carbons (Fsp3) is 0.636. The van der Waals surface area contributed by atoms with E-state index in [1.165, 1.54) is 0 Å². The summed E-state index contributed by atoms with van der Waals surface area (Å²) in [7, 11) is 0. The Labute approximate surface area is 85.2 Å². The predicted octanol–water partition coefficient (Wildman–Crippen LogP) is 1.84. The summed E-state index contributed by atoms with van der Waals surface area (Å²) in [6.45, 7) is 8.71. The molecular formula is C11H17N3. The van der Waals surface area contributed by atoms with Gasteiger partial charge in [0.15, 0.2) is 0 Å². The van der Waals surface area contributed by atoms with Crippen molar-refractivity contribution in [1.82, 2.24) is 14.9 Å². The van der Waals surface area contributed by atoms with Gasteiger partial charge < -0.3 is 0 Å². The van der Waals surface area contributed by atoms with Crippen LogP contribution in [0.3, 0.4) is 0 Å². The van der Waals surface area contributed by atoms with Crippen molar-refractivity contribution < 1.29 is 0 Å². The molecule has 1 aliphatic heterocycles. The van der Waals surface area contributed by atoms with Crippen LogP contribution in [-0.4, -0.2) is 20.9 Å². The molecule has 3 heteroatoms. The van der Waals surface area contributed by atoms with E-state index in [-0.39, 0.29) is 0 Å². The van der Waals surface area contributed by atoms with E-state index in [9.17, 15) is 0 Å². The third-order valence-electron chi connectivity index (χ3n) is 3.11. The van der Waals surface area contributed by atoms with Crippen molar-refractivity contribution in [3.05, 3.63) is 23.8 Å². The van der Waals surface area contributed by atoms with Gasteiger partial charge in [0.05, 0.1) is 11.4 Å². The summed E-state index contributed by atoms with van der Waals surface area (Å²) in [5, 5.41) is 0. The van der Waals surface area contributed by atoms with Crippen molar-refractivity contribution in [2.75, 3.05) is 0 Å². The van der Waals surface area contributed by atoms with E-state index < -0.39 is 0 Å². The van der Waals surface area contributed by atoms with Crippen LogP contribution in [0.4, 0.5) is 0 Å². The lowest BCUT2D eigenvalue weighted by molar-refractivity contribution is 0.168. The minimum Gasteiger partial charge on any atom is -0.289 e. The summed E-state index contributed by atoms with van der Waals surface area (Å²) in [4.78, 5) is 11.1. The van der Waals surface area contributed by atoms with Gasteiger partial charge in [0, 0.05) is 31.5 Å². The first kappa shape index (κ1) is 9.59. The van der Waals surface area contributed by atoms with E-state index in [2.05, 4.69) is 35.6 Å². The molecule has 1 aromatic heterocycles. The molecule has 0 spiro atoms. The highest BCUT2D eigenvalue weighted by atomic mass is 15.2. The van der Waals surface area contributed by atoms with Crippen molar-refractivity contribution in [1.29, 1.82) is 0 Å². The van der Waals surface area contributed by atoms with Crippen molar-refractivity contribution in [2.45, 2.75) is 39.9 Å². The highest BCUT2D eigenvalue weighted by Gasteiger charge is 2.26. The van der Waals surface area contributed by atoms with E-state index in [0.717, 1.165) is 24.5 Å². The molecule has 0 saturated heterocycles. The zero-order valence-corrected chi connectivity index (χ0v) is 9.07. The Hall–Kier alpha value is -0.960. The molecule has 1 atom stereocenters. The lowest BCUT2D eigenvalue weighted by atomic mass is 10.1. The first-order valence-corrected chi connectivity index (χ1v) is 5.21. The molecule has 0 amide bonds. The number of fused-ring (bicyclic) bond motifs is 1. The molecular weight excluding hydrogens is 174 g/mol. The second-order valence-electron chi connectivity index (χ2n) is 4.34. The van der Waals surface area contributed by atoms with Gasteiger partial charge in [-0.2, -0.15) is 0 Å². The summed E-state index contributed by atoms with van der Waals surface area (Å²) in [6, 6.07) is 0.603. The van der Waals surface area contributed by atoms with Gasteiger partial charge in [-0.1, -0.05) is 13.8 Å². The molecule has 3 nitrogen and oxygen atoms in total. The largest absolute Gasteiger partial charge is 0.289 e. The third kappa shape index (κ3) is 1.64. The maximum atomic E-state index is 4.35. The van der Waals surface area contributed by atoms with Crippen LogP contribution in [-0.2, 0) is 13.1 Å². The van der Waals surface area contributed by atoms with Crippen molar-refractivity contribution >= 4 is 0 Å². The molecule has 1 aromatic rings. The second kappa shape index (κ2) is 3.65. The number of aromatic nitrogens is 2. The van der Waals surface area contributed by atoms with Gasteiger partial charge in [-0.05, 0) is 12.8 Å². The molecule has 0 bridgehead atoms. The van der Waals surface area contributed by atoms with Gasteiger partial charge in [0.25, 0.3) is 0 Å². The SMILES string of the molecule is CC(C)C(C)N1Cc2nccnc2C1. The number of nitrogens with zero attached hydrogens (tertiary/aromatic N) is 3. The lowest BCUT2D eigenvalue weighted by Crippen LogP contribution is -2.32. The van der Waals surface area contributed by atoms with Crippen LogP contribution in [0, 0.1) is 5.92 Å². The maximum absolute atomic E-state index is 4.35. The second-order valence-corrected chi connectivity index (χ2v) is 4.34. The molecule has 0 fully saturated rings. The monoisotopic (exact) mass is 191 g/mol. The quantitative estimate of drug-likeness (QED) is 0.714. The molecule has 14 heavy (non-hydrogen) atoms. The average molecular weight is 191 g/mol. The van der Waals surface area contributed by atoms with Crippen LogP contribution in [0.25, 0.3) is 0 Å². The summed E-state index contributed by atoms with van der Waals surface area (Å²) in [6.07, 6.45) is 3.56. The van der Waals surface area contributed by atoms with Crippen molar-refractivity contribution in [3.8, 4) is 0 Å². The molecule has 2 heterocycles. The Morgan fingerprint density at radius 3 is 2.00 bits per heavy atom. The normalized spacial score (nSPS) is 18.6. The van der Waals surface area contributed by atoms with Gasteiger partial charge in [-0.15, -0.1) is 0 Å². The first-order chi connectivity index (χ1) is 6.68. The predicted molar refractivity (Wildman–Crippen MR) is 55.6 cm³/mol. The molecule has 0 aliphatic carbocycles. The van der Waals surface area contributed by atoms with Gasteiger partial charge in [-0.3, -0.25) is 14.9 Å². The fourth-order valence-electron chi connectivity index (χ4n) is 1.81. The van der Waals surface area contributed by atoms with Crippen LogP contribution >= 0.6 is 0 Å². The summed E-state index contributed by atoms with van der Waals surface area (Å²) in [5.41, 5.74) is 2.31. The van der Waals surface area contributed by atoms with Crippen molar-refractivity contribution in [3.63, 3.8) is 0 Å². The zero-order valence-electron chi connectivity index (χ0n) is 9.07. The number of hydrogen-bond acceptors (Lipinski definition) is 3. The maximum Gasteiger partial charge on any atom is 0.0772 e. The van der Waals surface area contributed by atoms with E-state index in [1.54, 1.807) is 12.4 Å². The van der Waals surface area contributed by atoms with Gasteiger partial charge >= 0.3 is 0 Å². The molecule has 0 saturated carbocycles. The van der Waals surface area contributed by atoms with Crippen molar-refractivity contribution in [2.24, 2.45) is 5.92 Å². The fourth-order valence-corrected chi connectivity index (χ4v) is 1.81. The Kier molecular flexibility index (Phi) is 2.50. The molecule has 1 unspecified atom stereocenters. The number of hydrogen-bond donors (Lipinski definition) is 0. The standard InChI is InChI=1S/C11H17N3/c1-8(2)9(3)14-6-10-11(7-14)13-5-4-12-10/h4-5,8-9H,6-7H2,1-3H3. The highest BCUT2D eigenvalue weighted by Crippen LogP contribution is 2.23. The smallest absolute Gasteiger partial charge is 0.0772 e. The zero-order chi connectivity index (χ0) is 10.1. The summed E-state index contributed by atoms with van der Waals surface area (Å²) >= 11 is 0. The van der Waals surface area contributed by atoms with E-state index >= 15 is 0 Å². The summed E-state index contributed by atoms with van der Waals surface area (Å²) < 4.78 is 0. The molecule has 76 valence electrons. The molecule has 2 rings (SSSR count). The Bertz CT molecular complexity index is 297. The molecule has 0 radical (unpaired) electrons. The first-order valence-electron chi connectivity index (χ1n) is 5.21. The van der Waals surface area contributed by atoms with Crippen LogP contribution in [0.15, 0.2) is 12.4 Å². The summed E-state index contributed by atoms with van der Waals surface area (Å²) in [5.74, 6) is 0.685. The topological polar surface area (TPSA) is 29.0 Å². The van der Waals surface area contributed by atoms with E-state index in [0.29, 0.717) is 12.0 Å². The Balaban J connectivity index is 2.12. The van der Waals surface area contributed by atoms with Crippen LogP contribution in [0.1, 0.15) is 32.2 Å². The van der Waals surface area contributed by atoms with Crippen LogP contribution in [0.2, 0.25) is 0 Å². The van der Waals surface area contributed by atoms with Gasteiger partial charge in [-0.25, -0.2) is 0 Å². The molecule has 0 aromatic carbocycles. The van der Waals surface area contributed by atoms with E-state index in [4.69, 9.17) is 0 Å². The molecule has 1 aliphatic rings. The third-order valence-corrected chi connectivity index (χ3v) is 3.11. The highest BCUT2D eigenvalue weighted by molar-refractivity contribution is 5.15. The van der Waals surface area contributed by atoms with Crippen LogP contribution in [0.5, 0.6) is 0 Å². The Morgan fingerprint density at radius 1 is 1.07 bits per heavy atom.